The zero-order chi connectivity index (χ0) is 19.8. The van der Waals surface area contributed by atoms with E-state index in [1.165, 1.54) is 0 Å². The molecule has 0 bridgehead atoms. The Morgan fingerprint density at radius 1 is 1.18 bits per heavy atom. The summed E-state index contributed by atoms with van der Waals surface area (Å²) in [5.41, 5.74) is 5.05. The van der Waals surface area contributed by atoms with E-state index in [1.54, 1.807) is 12.0 Å². The number of hydrogen-bond donors (Lipinski definition) is 3. The van der Waals surface area contributed by atoms with Gasteiger partial charge in [-0.25, -0.2) is 0 Å². The van der Waals surface area contributed by atoms with Gasteiger partial charge >= 0.3 is 0 Å². The van der Waals surface area contributed by atoms with Crippen molar-refractivity contribution in [2.45, 2.75) is 13.3 Å². The van der Waals surface area contributed by atoms with Gasteiger partial charge in [0.1, 0.15) is 18.8 Å². The highest BCUT2D eigenvalue weighted by Crippen LogP contribution is 2.22. The topological polar surface area (TPSA) is 59.3 Å². The van der Waals surface area contributed by atoms with Gasteiger partial charge in [-0.15, -0.1) is 0 Å². The lowest BCUT2D eigenvalue weighted by Crippen LogP contribution is -3.14. The Balaban J connectivity index is 1.56. The van der Waals surface area contributed by atoms with Crippen molar-refractivity contribution in [3.63, 3.8) is 0 Å². The van der Waals surface area contributed by atoms with E-state index in [1.807, 2.05) is 12.1 Å². The molecule has 6 nitrogen and oxygen atoms in total. The van der Waals surface area contributed by atoms with E-state index in [0.717, 1.165) is 73.6 Å². The second-order valence-corrected chi connectivity index (χ2v) is 7.23. The summed E-state index contributed by atoms with van der Waals surface area (Å²) in [6.45, 7) is 7.78. The molecule has 2 aromatic rings. The molecular weight excluding hydrogens is 372 g/mol. The van der Waals surface area contributed by atoms with Gasteiger partial charge in [0.2, 0.25) is 0 Å². The van der Waals surface area contributed by atoms with Crippen molar-refractivity contribution in [2.24, 2.45) is 5.10 Å². The third kappa shape index (κ3) is 5.64. The molecule has 2 aromatic carbocycles. The quantitative estimate of drug-likeness (QED) is 0.371. The molecule has 0 amide bonds. The first kappa shape index (κ1) is 20.5. The molecule has 7 heteroatoms. The molecule has 0 unspecified atom stereocenters. The number of quaternary nitrogens is 1. The second kappa shape index (κ2) is 10.4. The number of rotatable bonds is 7. The third-order valence-electron chi connectivity index (χ3n) is 4.97. The molecule has 0 spiro atoms. The van der Waals surface area contributed by atoms with E-state index >= 15 is 0 Å². The number of hydrazone groups is 1. The van der Waals surface area contributed by atoms with Gasteiger partial charge in [-0.3, -0.25) is 5.43 Å². The molecule has 1 aliphatic rings. The van der Waals surface area contributed by atoms with Crippen molar-refractivity contribution in [2.75, 3.05) is 46.5 Å². The molecule has 1 saturated heterocycles. The minimum absolute atomic E-state index is 0.559. The van der Waals surface area contributed by atoms with E-state index < -0.39 is 0 Å². The monoisotopic (exact) mass is 401 g/mol. The fraction of sp³-hybridized carbons (Fsp3) is 0.429. The predicted octanol–water partition coefficient (Wildman–Crippen LogP) is 1.34. The van der Waals surface area contributed by atoms with Gasteiger partial charge in [0.15, 0.2) is 5.11 Å². The van der Waals surface area contributed by atoms with Crippen LogP contribution in [0.15, 0.2) is 41.5 Å². The Kier molecular flexibility index (Phi) is 7.59. The summed E-state index contributed by atoms with van der Waals surface area (Å²) in [5, 5.41) is 10.6. The maximum absolute atomic E-state index is 5.38. The second-order valence-electron chi connectivity index (χ2n) is 6.82. The summed E-state index contributed by atoms with van der Waals surface area (Å²) >= 11 is 5.36. The van der Waals surface area contributed by atoms with Crippen LogP contribution >= 0.6 is 12.2 Å². The van der Waals surface area contributed by atoms with Crippen LogP contribution in [0.4, 0.5) is 0 Å². The minimum Gasteiger partial charge on any atom is -0.497 e. The molecular formula is C21H29N4O2S+. The SMILES string of the molecule is CC/C(=N/NC(=S)NCC[NH+]1CCOCC1)c1ccc2cc(OC)ccc2c1. The number of ether oxygens (including phenoxy) is 2. The maximum Gasteiger partial charge on any atom is 0.187 e. The van der Waals surface area contributed by atoms with Crippen LogP contribution < -0.4 is 20.4 Å². The van der Waals surface area contributed by atoms with Gasteiger partial charge < -0.3 is 19.7 Å². The lowest BCUT2D eigenvalue weighted by Gasteiger charge is -2.23. The zero-order valence-electron chi connectivity index (χ0n) is 16.6. The average Bonchev–Trinajstić information content (AvgIpc) is 2.74. The molecule has 28 heavy (non-hydrogen) atoms. The molecule has 150 valence electrons. The van der Waals surface area contributed by atoms with Crippen LogP contribution in [0.1, 0.15) is 18.9 Å². The number of fused-ring (bicyclic) bond motifs is 1. The molecule has 1 fully saturated rings. The van der Waals surface area contributed by atoms with E-state index in [0.29, 0.717) is 5.11 Å². The van der Waals surface area contributed by atoms with Crippen LogP contribution in [0, 0.1) is 0 Å². The van der Waals surface area contributed by atoms with Crippen molar-refractivity contribution in [1.29, 1.82) is 0 Å². The standard InChI is InChI=1S/C21H28N4O2S/c1-3-20(18-5-4-17-15-19(26-2)7-6-16(17)14-18)23-24-21(28)22-8-9-25-10-12-27-13-11-25/h4-7,14-15H,3,8-13H2,1-2H3,(H2,22,24,28)/p+1/b23-20-. The smallest absolute Gasteiger partial charge is 0.187 e. The fourth-order valence-corrected chi connectivity index (χ4v) is 3.45. The first-order chi connectivity index (χ1) is 13.7. The average molecular weight is 402 g/mol. The third-order valence-corrected chi connectivity index (χ3v) is 5.21. The Labute approximate surface area is 171 Å². The van der Waals surface area contributed by atoms with Crippen molar-refractivity contribution in [1.82, 2.24) is 10.7 Å². The Hall–Kier alpha value is -2.22. The molecule has 0 aromatic heterocycles. The van der Waals surface area contributed by atoms with Crippen LogP contribution in [-0.4, -0.2) is 57.3 Å². The first-order valence-corrected chi connectivity index (χ1v) is 10.2. The molecule has 0 aliphatic carbocycles. The van der Waals surface area contributed by atoms with E-state index in [-0.39, 0.29) is 0 Å². The molecule has 0 radical (unpaired) electrons. The van der Waals surface area contributed by atoms with Crippen LogP contribution in [-0.2, 0) is 4.74 Å². The van der Waals surface area contributed by atoms with E-state index in [4.69, 9.17) is 21.7 Å². The zero-order valence-corrected chi connectivity index (χ0v) is 17.4. The predicted molar refractivity (Wildman–Crippen MR) is 117 cm³/mol. The number of morpholine rings is 1. The normalized spacial score (nSPS) is 15.4. The highest BCUT2D eigenvalue weighted by molar-refractivity contribution is 7.80. The minimum atomic E-state index is 0.559. The van der Waals surface area contributed by atoms with Gasteiger partial charge in [-0.05, 0) is 53.2 Å². The van der Waals surface area contributed by atoms with Gasteiger partial charge in [-0.1, -0.05) is 25.1 Å². The summed E-state index contributed by atoms with van der Waals surface area (Å²) in [5.74, 6) is 0.863. The number of benzene rings is 2. The van der Waals surface area contributed by atoms with Crippen LogP contribution in [0.3, 0.4) is 0 Å². The summed E-state index contributed by atoms with van der Waals surface area (Å²) in [6.07, 6.45) is 0.815. The molecule has 1 heterocycles. The summed E-state index contributed by atoms with van der Waals surface area (Å²) in [4.78, 5) is 1.55. The number of nitrogens with zero attached hydrogens (tertiary/aromatic N) is 1. The van der Waals surface area contributed by atoms with Gasteiger partial charge in [0.25, 0.3) is 0 Å². The lowest BCUT2D eigenvalue weighted by atomic mass is 10.0. The number of thiocarbonyl (C=S) groups is 1. The van der Waals surface area contributed by atoms with Crippen molar-refractivity contribution in [3.05, 3.63) is 42.0 Å². The highest BCUT2D eigenvalue weighted by Gasteiger charge is 2.13. The summed E-state index contributed by atoms with van der Waals surface area (Å²) in [6, 6.07) is 12.4. The molecule has 0 atom stereocenters. The fourth-order valence-electron chi connectivity index (χ4n) is 3.30. The first-order valence-electron chi connectivity index (χ1n) is 9.79. The molecule has 3 rings (SSSR count). The largest absolute Gasteiger partial charge is 0.497 e. The molecule has 1 aliphatic heterocycles. The van der Waals surface area contributed by atoms with Crippen LogP contribution in [0.2, 0.25) is 0 Å². The van der Waals surface area contributed by atoms with Crippen molar-refractivity contribution >= 4 is 33.8 Å². The number of nitrogens with one attached hydrogen (secondary N) is 3. The molecule has 0 saturated carbocycles. The van der Waals surface area contributed by atoms with E-state index in [9.17, 15) is 0 Å². The number of methoxy groups -OCH3 is 1. The van der Waals surface area contributed by atoms with E-state index in [2.05, 4.69) is 47.0 Å². The Bertz CT molecular complexity index is 834. The Morgan fingerprint density at radius 2 is 1.93 bits per heavy atom. The summed E-state index contributed by atoms with van der Waals surface area (Å²) in [7, 11) is 1.68. The van der Waals surface area contributed by atoms with Gasteiger partial charge in [-0.2, -0.15) is 5.10 Å². The maximum atomic E-state index is 5.38. The highest BCUT2D eigenvalue weighted by atomic mass is 32.1. The molecule has 3 N–H and O–H groups in total. The summed E-state index contributed by atoms with van der Waals surface area (Å²) < 4.78 is 10.7. The van der Waals surface area contributed by atoms with Crippen LogP contribution in [0.5, 0.6) is 5.75 Å². The number of hydrogen-bond acceptors (Lipinski definition) is 4. The van der Waals surface area contributed by atoms with Crippen molar-refractivity contribution in [3.8, 4) is 5.75 Å². The Morgan fingerprint density at radius 3 is 2.68 bits per heavy atom. The lowest BCUT2D eigenvalue weighted by molar-refractivity contribution is -0.906. The van der Waals surface area contributed by atoms with Gasteiger partial charge in [0, 0.05) is 0 Å². The van der Waals surface area contributed by atoms with Gasteiger partial charge in [0.05, 0.1) is 39.1 Å². The van der Waals surface area contributed by atoms with Crippen LogP contribution in [0.25, 0.3) is 10.8 Å². The van der Waals surface area contributed by atoms with Crippen molar-refractivity contribution < 1.29 is 14.4 Å².